The molecule has 27 heavy (non-hydrogen) atoms. The van der Waals surface area contributed by atoms with Crippen LogP contribution in [-0.2, 0) is 9.59 Å². The van der Waals surface area contributed by atoms with Crippen LogP contribution in [0.1, 0.15) is 51.5 Å². The van der Waals surface area contributed by atoms with Gasteiger partial charge in [0.15, 0.2) is 0 Å². The summed E-state index contributed by atoms with van der Waals surface area (Å²) in [6.45, 7) is 7.40. The van der Waals surface area contributed by atoms with Gasteiger partial charge in [-0.05, 0) is 63.6 Å². The topological polar surface area (TPSA) is 52.7 Å². The van der Waals surface area contributed by atoms with E-state index in [1.54, 1.807) is 4.90 Å². The Morgan fingerprint density at radius 3 is 2.41 bits per heavy atom. The molecule has 5 nitrogen and oxygen atoms in total. The maximum atomic E-state index is 12.8. The highest BCUT2D eigenvalue weighted by molar-refractivity contribution is 5.95. The Labute approximate surface area is 164 Å². The lowest BCUT2D eigenvalue weighted by Gasteiger charge is -2.34. The average Bonchev–Trinajstić information content (AvgIpc) is 2.63. The van der Waals surface area contributed by atoms with Gasteiger partial charge in [0.1, 0.15) is 0 Å². The van der Waals surface area contributed by atoms with Crippen molar-refractivity contribution in [1.82, 2.24) is 9.80 Å². The number of benzene rings is 1. The first-order valence-corrected chi connectivity index (χ1v) is 10.2. The molecule has 1 aromatic carbocycles. The fraction of sp³-hybridized carbons (Fsp3) is 0.636. The SMILES string of the molecule is CCCN(CC(=O)Nc1ccccc1C)C(=O)CN(C)C1CCC(C)CC1. The van der Waals surface area contributed by atoms with Gasteiger partial charge in [0.25, 0.3) is 0 Å². The molecule has 0 atom stereocenters. The number of carbonyl (C=O) groups excluding carboxylic acids is 2. The number of anilines is 1. The van der Waals surface area contributed by atoms with Crippen LogP contribution in [0, 0.1) is 12.8 Å². The highest BCUT2D eigenvalue weighted by Crippen LogP contribution is 2.26. The van der Waals surface area contributed by atoms with Crippen LogP contribution in [0.2, 0.25) is 0 Å². The quantitative estimate of drug-likeness (QED) is 0.756. The van der Waals surface area contributed by atoms with E-state index in [2.05, 4.69) is 17.1 Å². The molecule has 1 aliphatic carbocycles. The minimum absolute atomic E-state index is 0.0397. The molecular formula is C22H35N3O2. The molecule has 150 valence electrons. The average molecular weight is 374 g/mol. The Kier molecular flexibility index (Phi) is 8.29. The van der Waals surface area contributed by atoms with E-state index in [9.17, 15) is 9.59 Å². The third-order valence-electron chi connectivity index (χ3n) is 5.59. The summed E-state index contributed by atoms with van der Waals surface area (Å²) in [6, 6.07) is 8.17. The summed E-state index contributed by atoms with van der Waals surface area (Å²) in [5, 5.41) is 2.93. The van der Waals surface area contributed by atoms with E-state index in [1.807, 2.05) is 45.2 Å². The summed E-state index contributed by atoms with van der Waals surface area (Å²) in [7, 11) is 2.04. The Bertz CT molecular complexity index is 624. The number of hydrogen-bond acceptors (Lipinski definition) is 3. The third-order valence-corrected chi connectivity index (χ3v) is 5.59. The van der Waals surface area contributed by atoms with Gasteiger partial charge in [-0.15, -0.1) is 0 Å². The normalized spacial score (nSPS) is 19.7. The second-order valence-electron chi connectivity index (χ2n) is 8.01. The molecule has 0 unspecified atom stereocenters. The summed E-state index contributed by atoms with van der Waals surface area (Å²) >= 11 is 0. The van der Waals surface area contributed by atoms with E-state index in [4.69, 9.17) is 0 Å². The number of hydrogen-bond donors (Lipinski definition) is 1. The van der Waals surface area contributed by atoms with E-state index < -0.39 is 0 Å². The van der Waals surface area contributed by atoms with Crippen LogP contribution in [0.15, 0.2) is 24.3 Å². The van der Waals surface area contributed by atoms with Gasteiger partial charge in [0, 0.05) is 18.3 Å². The van der Waals surface area contributed by atoms with Gasteiger partial charge >= 0.3 is 0 Å². The van der Waals surface area contributed by atoms with Gasteiger partial charge in [0.2, 0.25) is 11.8 Å². The molecule has 0 radical (unpaired) electrons. The number of amides is 2. The number of rotatable bonds is 8. The molecule has 0 heterocycles. The molecule has 0 spiro atoms. The highest BCUT2D eigenvalue weighted by Gasteiger charge is 2.25. The predicted molar refractivity (Wildman–Crippen MR) is 111 cm³/mol. The molecule has 0 aliphatic heterocycles. The van der Waals surface area contributed by atoms with Crippen molar-refractivity contribution in [3.8, 4) is 0 Å². The smallest absolute Gasteiger partial charge is 0.244 e. The molecule has 5 heteroatoms. The molecule has 0 saturated heterocycles. The molecule has 0 bridgehead atoms. The van der Waals surface area contributed by atoms with Crippen molar-refractivity contribution < 1.29 is 9.59 Å². The Morgan fingerprint density at radius 2 is 1.78 bits per heavy atom. The number of nitrogens with one attached hydrogen (secondary N) is 1. The minimum Gasteiger partial charge on any atom is -0.332 e. The van der Waals surface area contributed by atoms with Crippen LogP contribution in [0.4, 0.5) is 5.69 Å². The first-order valence-electron chi connectivity index (χ1n) is 10.2. The standard InChI is InChI=1S/C22H35N3O2/c1-5-14-25(15-21(26)23-20-9-7-6-8-18(20)3)22(27)16-24(4)19-12-10-17(2)11-13-19/h6-9,17,19H,5,10-16H2,1-4H3,(H,23,26). The Morgan fingerprint density at radius 1 is 1.11 bits per heavy atom. The van der Waals surface area contributed by atoms with Crippen LogP contribution < -0.4 is 5.32 Å². The molecule has 2 rings (SSSR count). The van der Waals surface area contributed by atoms with E-state index in [1.165, 1.54) is 12.8 Å². The molecule has 1 N–H and O–H groups in total. The van der Waals surface area contributed by atoms with Crippen LogP contribution in [0.25, 0.3) is 0 Å². The van der Waals surface area contributed by atoms with E-state index in [0.717, 1.165) is 36.4 Å². The zero-order valence-corrected chi connectivity index (χ0v) is 17.3. The van der Waals surface area contributed by atoms with Crippen molar-refractivity contribution in [2.24, 2.45) is 5.92 Å². The molecule has 2 amide bonds. The van der Waals surface area contributed by atoms with Crippen LogP contribution in [0.5, 0.6) is 0 Å². The number of aryl methyl sites for hydroxylation is 1. The largest absolute Gasteiger partial charge is 0.332 e. The third kappa shape index (κ3) is 6.65. The Balaban J connectivity index is 1.89. The number of para-hydroxylation sites is 1. The van der Waals surface area contributed by atoms with Crippen molar-refractivity contribution in [1.29, 1.82) is 0 Å². The Hall–Kier alpha value is -1.88. The summed E-state index contributed by atoms with van der Waals surface area (Å²) in [4.78, 5) is 29.1. The van der Waals surface area contributed by atoms with Gasteiger partial charge < -0.3 is 10.2 Å². The second kappa shape index (κ2) is 10.5. The number of likely N-dealkylation sites (N-methyl/N-ethyl adjacent to an activating group) is 1. The van der Waals surface area contributed by atoms with Crippen LogP contribution in [0.3, 0.4) is 0 Å². The summed E-state index contributed by atoms with van der Waals surface area (Å²) in [6.07, 6.45) is 5.63. The molecule has 1 saturated carbocycles. The van der Waals surface area contributed by atoms with E-state index >= 15 is 0 Å². The number of carbonyl (C=O) groups is 2. The fourth-order valence-electron chi connectivity index (χ4n) is 3.76. The van der Waals surface area contributed by atoms with Crippen molar-refractivity contribution >= 4 is 17.5 Å². The lowest BCUT2D eigenvalue weighted by atomic mass is 9.87. The maximum Gasteiger partial charge on any atom is 0.244 e. The van der Waals surface area contributed by atoms with Gasteiger partial charge in [-0.3, -0.25) is 14.5 Å². The van der Waals surface area contributed by atoms with Gasteiger partial charge in [0.05, 0.1) is 13.1 Å². The second-order valence-corrected chi connectivity index (χ2v) is 8.01. The first kappa shape index (κ1) is 21.4. The molecule has 1 aromatic rings. The summed E-state index contributed by atoms with van der Waals surface area (Å²) in [5.41, 5.74) is 1.82. The monoisotopic (exact) mass is 373 g/mol. The van der Waals surface area contributed by atoms with Crippen LogP contribution in [-0.4, -0.2) is 54.3 Å². The zero-order chi connectivity index (χ0) is 19.8. The fourth-order valence-corrected chi connectivity index (χ4v) is 3.76. The van der Waals surface area contributed by atoms with Crippen molar-refractivity contribution in [3.05, 3.63) is 29.8 Å². The van der Waals surface area contributed by atoms with Crippen molar-refractivity contribution in [3.63, 3.8) is 0 Å². The lowest BCUT2D eigenvalue weighted by molar-refractivity contribution is -0.136. The van der Waals surface area contributed by atoms with Crippen molar-refractivity contribution in [2.45, 2.75) is 58.9 Å². The van der Waals surface area contributed by atoms with Crippen LogP contribution >= 0.6 is 0 Å². The molecular weight excluding hydrogens is 338 g/mol. The maximum absolute atomic E-state index is 12.8. The van der Waals surface area contributed by atoms with Gasteiger partial charge in [-0.1, -0.05) is 32.0 Å². The molecule has 1 aliphatic rings. The summed E-state index contributed by atoms with van der Waals surface area (Å²) < 4.78 is 0. The van der Waals surface area contributed by atoms with Gasteiger partial charge in [-0.2, -0.15) is 0 Å². The van der Waals surface area contributed by atoms with Gasteiger partial charge in [-0.25, -0.2) is 0 Å². The molecule has 1 fully saturated rings. The van der Waals surface area contributed by atoms with E-state index in [0.29, 0.717) is 19.1 Å². The minimum atomic E-state index is -0.139. The van der Waals surface area contributed by atoms with Crippen molar-refractivity contribution in [2.75, 3.05) is 32.0 Å². The predicted octanol–water partition coefficient (Wildman–Crippen LogP) is 3.68. The highest BCUT2D eigenvalue weighted by atomic mass is 16.2. The first-order chi connectivity index (χ1) is 12.9. The van der Waals surface area contributed by atoms with E-state index in [-0.39, 0.29) is 18.4 Å². The zero-order valence-electron chi connectivity index (χ0n) is 17.3. The number of nitrogens with zero attached hydrogens (tertiary/aromatic N) is 2. The lowest BCUT2D eigenvalue weighted by Crippen LogP contribution is -2.46. The summed E-state index contributed by atoms with van der Waals surface area (Å²) in [5.74, 6) is 0.699. The molecule has 0 aromatic heterocycles.